The van der Waals surface area contributed by atoms with E-state index in [4.69, 9.17) is 9.72 Å². The Morgan fingerprint density at radius 2 is 2.00 bits per heavy atom. The summed E-state index contributed by atoms with van der Waals surface area (Å²) in [5.41, 5.74) is 1.89. The lowest BCUT2D eigenvalue weighted by atomic mass is 9.68. The summed E-state index contributed by atoms with van der Waals surface area (Å²) < 4.78 is 6.41. The molecule has 3 aliphatic rings. The van der Waals surface area contributed by atoms with Crippen molar-refractivity contribution in [3.8, 4) is 11.4 Å². The Balaban J connectivity index is 1.79. The zero-order chi connectivity index (χ0) is 17.8. The fourth-order valence-corrected chi connectivity index (χ4v) is 4.09. The molecule has 130 valence electrons. The second kappa shape index (κ2) is 5.29. The predicted octanol–water partition coefficient (Wildman–Crippen LogP) is 3.74. The van der Waals surface area contributed by atoms with Gasteiger partial charge in [0.05, 0.1) is 16.2 Å². The fraction of sp³-hybridized carbons (Fsp3) is 0.500. The van der Waals surface area contributed by atoms with Crippen molar-refractivity contribution in [3.63, 3.8) is 0 Å². The highest BCUT2D eigenvalue weighted by Crippen LogP contribution is 2.56. The van der Waals surface area contributed by atoms with Crippen LogP contribution in [-0.2, 0) is 10.3 Å². The summed E-state index contributed by atoms with van der Waals surface area (Å²) >= 11 is 0. The molecule has 1 saturated heterocycles. The molecule has 2 bridgehead atoms. The van der Waals surface area contributed by atoms with Crippen molar-refractivity contribution in [1.82, 2.24) is 15.2 Å². The van der Waals surface area contributed by atoms with Gasteiger partial charge in [0.2, 0.25) is 0 Å². The molecule has 7 heteroatoms. The minimum Gasteiger partial charge on any atom is -0.362 e. The number of benzene rings is 1. The van der Waals surface area contributed by atoms with E-state index in [0.717, 1.165) is 36.2 Å². The first kappa shape index (κ1) is 16.1. The quantitative estimate of drug-likeness (QED) is 0.624. The molecule has 3 heterocycles. The molecule has 3 atom stereocenters. The maximum atomic E-state index is 10.8. The number of ether oxygens (including phenoxy) is 1. The normalized spacial score (nSPS) is 30.1. The molecular weight excluding hydrogens is 320 g/mol. The zero-order valence-corrected chi connectivity index (χ0v) is 14.5. The van der Waals surface area contributed by atoms with E-state index in [-0.39, 0.29) is 17.2 Å². The number of nitro groups is 1. The fourth-order valence-electron chi connectivity index (χ4n) is 4.09. The number of non-ortho nitro benzene ring substituents is 1. The SMILES string of the molecule is CCC1(C)OC2(C)CCC1c1nc(-c3ccc([N+](=O)[O-])cc3)nnc12. The van der Waals surface area contributed by atoms with E-state index in [1.807, 2.05) is 0 Å². The van der Waals surface area contributed by atoms with Crippen LogP contribution < -0.4 is 0 Å². The minimum atomic E-state index is -0.442. The van der Waals surface area contributed by atoms with Crippen LogP contribution in [0.3, 0.4) is 0 Å². The van der Waals surface area contributed by atoms with Crippen LogP contribution in [0.15, 0.2) is 24.3 Å². The van der Waals surface area contributed by atoms with E-state index in [1.54, 1.807) is 12.1 Å². The highest BCUT2D eigenvalue weighted by Gasteiger charge is 2.55. The Labute approximate surface area is 145 Å². The lowest BCUT2D eigenvalue weighted by Crippen LogP contribution is -2.54. The average Bonchev–Trinajstić information content (AvgIpc) is 2.61. The summed E-state index contributed by atoms with van der Waals surface area (Å²) in [5, 5.41) is 19.5. The number of nitro benzene ring substituents is 1. The summed E-state index contributed by atoms with van der Waals surface area (Å²) in [7, 11) is 0. The number of aromatic nitrogens is 3. The number of hydrogen-bond acceptors (Lipinski definition) is 6. The first-order valence-corrected chi connectivity index (χ1v) is 8.56. The second-order valence-corrected chi connectivity index (χ2v) is 7.26. The molecule has 0 saturated carbocycles. The van der Waals surface area contributed by atoms with Crippen LogP contribution in [0, 0.1) is 10.1 Å². The van der Waals surface area contributed by atoms with E-state index < -0.39 is 10.5 Å². The third-order valence-electron chi connectivity index (χ3n) is 5.69. The Hall–Kier alpha value is -2.41. The molecule has 0 spiro atoms. The molecule has 7 nitrogen and oxygen atoms in total. The van der Waals surface area contributed by atoms with Gasteiger partial charge in [-0.05, 0) is 45.2 Å². The van der Waals surface area contributed by atoms with Gasteiger partial charge in [0, 0.05) is 23.6 Å². The molecule has 0 radical (unpaired) electrons. The van der Waals surface area contributed by atoms with Crippen molar-refractivity contribution < 1.29 is 9.66 Å². The zero-order valence-electron chi connectivity index (χ0n) is 14.5. The van der Waals surface area contributed by atoms with E-state index in [1.165, 1.54) is 12.1 Å². The Morgan fingerprint density at radius 3 is 2.64 bits per heavy atom. The molecule has 1 aromatic carbocycles. The average molecular weight is 340 g/mol. The molecule has 1 aliphatic carbocycles. The van der Waals surface area contributed by atoms with E-state index in [9.17, 15) is 10.1 Å². The van der Waals surface area contributed by atoms with Gasteiger partial charge in [-0.3, -0.25) is 10.1 Å². The lowest BCUT2D eigenvalue weighted by Gasteiger charge is -2.54. The van der Waals surface area contributed by atoms with Crippen LogP contribution in [0.4, 0.5) is 5.69 Å². The number of hydrogen-bond donors (Lipinski definition) is 0. The summed E-state index contributed by atoms with van der Waals surface area (Å²) in [6.07, 6.45) is 2.85. The summed E-state index contributed by atoms with van der Waals surface area (Å²) in [6.45, 7) is 6.35. The summed E-state index contributed by atoms with van der Waals surface area (Å²) in [6, 6.07) is 6.26. The molecular formula is C18H20N4O3. The minimum absolute atomic E-state index is 0.0493. The number of fused-ring (bicyclic) bond motifs is 2. The van der Waals surface area contributed by atoms with Gasteiger partial charge in [0.15, 0.2) is 5.82 Å². The Morgan fingerprint density at radius 1 is 1.28 bits per heavy atom. The Bertz CT molecular complexity index is 854. The van der Waals surface area contributed by atoms with Crippen molar-refractivity contribution in [3.05, 3.63) is 45.8 Å². The standard InChI is InChI=1S/C18H20N4O3/c1-4-17(2)13-9-10-18(3,25-17)15-14(13)19-16(21-20-15)11-5-7-12(8-6-11)22(23)24/h5-8,13H,4,9-10H2,1-3H3. The van der Waals surface area contributed by atoms with Crippen LogP contribution in [0.25, 0.3) is 11.4 Å². The van der Waals surface area contributed by atoms with E-state index in [0.29, 0.717) is 5.82 Å². The molecule has 0 N–H and O–H groups in total. The van der Waals surface area contributed by atoms with E-state index in [2.05, 4.69) is 31.0 Å². The maximum absolute atomic E-state index is 10.8. The van der Waals surface area contributed by atoms with Gasteiger partial charge in [-0.2, -0.15) is 0 Å². The summed E-state index contributed by atoms with van der Waals surface area (Å²) in [4.78, 5) is 15.2. The first-order valence-electron chi connectivity index (χ1n) is 8.56. The monoisotopic (exact) mass is 340 g/mol. The molecule has 3 unspecified atom stereocenters. The van der Waals surface area contributed by atoms with Gasteiger partial charge in [0.1, 0.15) is 11.3 Å². The van der Waals surface area contributed by atoms with Crippen LogP contribution in [0.5, 0.6) is 0 Å². The largest absolute Gasteiger partial charge is 0.362 e. The van der Waals surface area contributed by atoms with Crippen LogP contribution in [0.2, 0.25) is 0 Å². The van der Waals surface area contributed by atoms with Gasteiger partial charge in [0.25, 0.3) is 5.69 Å². The molecule has 0 amide bonds. The van der Waals surface area contributed by atoms with Gasteiger partial charge in [-0.15, -0.1) is 10.2 Å². The van der Waals surface area contributed by atoms with Crippen LogP contribution in [-0.4, -0.2) is 25.7 Å². The van der Waals surface area contributed by atoms with Gasteiger partial charge in [-0.25, -0.2) is 4.98 Å². The maximum Gasteiger partial charge on any atom is 0.269 e. The third kappa shape index (κ3) is 2.33. The van der Waals surface area contributed by atoms with Crippen molar-refractivity contribution >= 4 is 5.69 Å². The number of rotatable bonds is 3. The molecule has 5 rings (SSSR count). The van der Waals surface area contributed by atoms with Crippen molar-refractivity contribution in [2.45, 2.75) is 57.2 Å². The van der Waals surface area contributed by atoms with Gasteiger partial charge >= 0.3 is 0 Å². The second-order valence-electron chi connectivity index (χ2n) is 7.26. The van der Waals surface area contributed by atoms with E-state index >= 15 is 0 Å². The molecule has 2 aromatic rings. The molecule has 1 aromatic heterocycles. The predicted molar refractivity (Wildman–Crippen MR) is 91.0 cm³/mol. The van der Waals surface area contributed by atoms with Crippen molar-refractivity contribution in [1.29, 1.82) is 0 Å². The third-order valence-corrected chi connectivity index (χ3v) is 5.69. The first-order chi connectivity index (χ1) is 11.9. The lowest BCUT2D eigenvalue weighted by molar-refractivity contribution is -0.384. The topological polar surface area (TPSA) is 91.0 Å². The molecule has 1 fully saturated rings. The molecule has 2 aliphatic heterocycles. The highest BCUT2D eigenvalue weighted by atomic mass is 16.6. The highest BCUT2D eigenvalue weighted by molar-refractivity contribution is 5.57. The smallest absolute Gasteiger partial charge is 0.269 e. The summed E-state index contributed by atoms with van der Waals surface area (Å²) in [5.74, 6) is 0.699. The van der Waals surface area contributed by atoms with Crippen LogP contribution in [0.1, 0.15) is 57.3 Å². The van der Waals surface area contributed by atoms with Crippen molar-refractivity contribution in [2.75, 3.05) is 0 Å². The van der Waals surface area contributed by atoms with Gasteiger partial charge < -0.3 is 4.74 Å². The number of nitrogens with zero attached hydrogens (tertiary/aromatic N) is 4. The van der Waals surface area contributed by atoms with Crippen LogP contribution >= 0.6 is 0 Å². The molecule has 25 heavy (non-hydrogen) atoms. The van der Waals surface area contributed by atoms with Crippen molar-refractivity contribution in [2.24, 2.45) is 0 Å². The Kier molecular flexibility index (Phi) is 3.40. The van der Waals surface area contributed by atoms with Gasteiger partial charge in [-0.1, -0.05) is 6.92 Å².